The van der Waals surface area contributed by atoms with Crippen molar-refractivity contribution in [1.82, 2.24) is 9.19 Å². The first-order valence-corrected chi connectivity index (χ1v) is 8.38. The van der Waals surface area contributed by atoms with Gasteiger partial charge in [-0.3, -0.25) is 0 Å². The van der Waals surface area contributed by atoms with Crippen LogP contribution in [0.3, 0.4) is 0 Å². The lowest BCUT2D eigenvalue weighted by Gasteiger charge is -2.14. The Hall–Kier alpha value is -1.60. The van der Waals surface area contributed by atoms with Crippen LogP contribution in [0, 0.1) is 0 Å². The van der Waals surface area contributed by atoms with Gasteiger partial charge in [0.25, 0.3) is 0 Å². The SMILES string of the molecule is CSc1cccc(C(=O)OC(C)C)c1COc1ccn(S)n1. The monoisotopic (exact) mass is 338 g/mol. The van der Waals surface area contributed by atoms with Crippen molar-refractivity contribution in [3.05, 3.63) is 41.6 Å². The van der Waals surface area contributed by atoms with Gasteiger partial charge in [-0.1, -0.05) is 6.07 Å². The molecule has 0 amide bonds. The van der Waals surface area contributed by atoms with E-state index in [2.05, 4.69) is 17.9 Å². The Labute approximate surface area is 139 Å². The summed E-state index contributed by atoms with van der Waals surface area (Å²) < 4.78 is 12.3. The van der Waals surface area contributed by atoms with E-state index < -0.39 is 0 Å². The molecule has 0 aliphatic carbocycles. The fourth-order valence-corrected chi connectivity index (χ4v) is 2.68. The van der Waals surface area contributed by atoms with E-state index in [1.54, 1.807) is 30.1 Å². The third-order valence-electron chi connectivity index (χ3n) is 2.83. The summed E-state index contributed by atoms with van der Waals surface area (Å²) in [4.78, 5) is 13.2. The molecule has 1 aromatic carbocycles. The fraction of sp³-hybridized carbons (Fsp3) is 0.333. The zero-order chi connectivity index (χ0) is 16.1. The zero-order valence-corrected chi connectivity index (χ0v) is 14.4. The molecule has 0 fully saturated rings. The molecule has 0 saturated carbocycles. The van der Waals surface area contributed by atoms with Crippen LogP contribution < -0.4 is 4.74 Å². The molecule has 2 rings (SSSR count). The number of esters is 1. The van der Waals surface area contributed by atoms with Crippen LogP contribution in [-0.2, 0) is 11.3 Å². The van der Waals surface area contributed by atoms with E-state index in [1.165, 1.54) is 4.09 Å². The number of hydrogen-bond donors (Lipinski definition) is 1. The van der Waals surface area contributed by atoms with Gasteiger partial charge in [0, 0.05) is 22.7 Å². The number of benzene rings is 1. The van der Waals surface area contributed by atoms with Gasteiger partial charge in [0.15, 0.2) is 0 Å². The largest absolute Gasteiger partial charge is 0.472 e. The number of thioether (sulfide) groups is 1. The Balaban J connectivity index is 2.24. The maximum absolute atomic E-state index is 12.2. The third-order valence-corrected chi connectivity index (χ3v) is 3.88. The maximum Gasteiger partial charge on any atom is 0.338 e. The molecule has 1 heterocycles. The molecule has 1 aromatic heterocycles. The predicted molar refractivity (Wildman–Crippen MR) is 89.7 cm³/mol. The molecular formula is C15H18N2O3S2. The first kappa shape index (κ1) is 16.8. The second-order valence-corrected chi connectivity index (χ2v) is 6.06. The lowest BCUT2D eigenvalue weighted by Crippen LogP contribution is -2.15. The van der Waals surface area contributed by atoms with Gasteiger partial charge in [-0.15, -0.1) is 16.9 Å². The predicted octanol–water partition coefficient (Wildman–Crippen LogP) is 3.44. The number of carbonyl (C=O) groups is 1. The molecular weight excluding hydrogens is 320 g/mol. The van der Waals surface area contributed by atoms with Gasteiger partial charge in [-0.05, 0) is 45.1 Å². The minimum Gasteiger partial charge on any atom is -0.472 e. The highest BCUT2D eigenvalue weighted by Crippen LogP contribution is 2.26. The Morgan fingerprint density at radius 2 is 2.18 bits per heavy atom. The average Bonchev–Trinajstić information content (AvgIpc) is 2.89. The first-order chi connectivity index (χ1) is 10.5. The highest BCUT2D eigenvalue weighted by molar-refractivity contribution is 7.98. The van der Waals surface area contributed by atoms with Gasteiger partial charge < -0.3 is 9.47 Å². The Kier molecular flexibility index (Phi) is 5.79. The number of ether oxygens (including phenoxy) is 2. The first-order valence-electron chi connectivity index (χ1n) is 6.76. The summed E-state index contributed by atoms with van der Waals surface area (Å²) in [6, 6.07) is 7.25. The van der Waals surface area contributed by atoms with E-state index in [0.717, 1.165) is 10.5 Å². The van der Waals surface area contributed by atoms with Gasteiger partial charge >= 0.3 is 5.97 Å². The minimum absolute atomic E-state index is 0.168. The van der Waals surface area contributed by atoms with E-state index in [9.17, 15) is 4.79 Å². The van der Waals surface area contributed by atoms with Crippen LogP contribution in [0.15, 0.2) is 35.4 Å². The maximum atomic E-state index is 12.2. The van der Waals surface area contributed by atoms with Crippen molar-refractivity contribution >= 4 is 30.5 Å². The molecule has 22 heavy (non-hydrogen) atoms. The van der Waals surface area contributed by atoms with Gasteiger partial charge in [-0.25, -0.2) is 8.88 Å². The zero-order valence-electron chi connectivity index (χ0n) is 12.6. The number of aromatic nitrogens is 2. The Morgan fingerprint density at radius 3 is 2.77 bits per heavy atom. The van der Waals surface area contributed by atoms with Crippen LogP contribution in [0.1, 0.15) is 29.8 Å². The van der Waals surface area contributed by atoms with Crippen LogP contribution in [0.2, 0.25) is 0 Å². The molecule has 0 aliphatic heterocycles. The molecule has 0 atom stereocenters. The molecule has 2 aromatic rings. The number of rotatable bonds is 6. The molecule has 7 heteroatoms. The summed E-state index contributed by atoms with van der Waals surface area (Å²) in [6.45, 7) is 3.89. The molecule has 5 nitrogen and oxygen atoms in total. The molecule has 0 saturated heterocycles. The smallest absolute Gasteiger partial charge is 0.338 e. The van der Waals surface area contributed by atoms with Gasteiger partial charge in [-0.2, -0.15) is 0 Å². The van der Waals surface area contributed by atoms with E-state index in [1.807, 2.05) is 32.2 Å². The topological polar surface area (TPSA) is 53.4 Å². The summed E-state index contributed by atoms with van der Waals surface area (Å²) in [6.07, 6.45) is 3.46. The Morgan fingerprint density at radius 1 is 1.41 bits per heavy atom. The van der Waals surface area contributed by atoms with Crippen LogP contribution in [0.25, 0.3) is 0 Å². The summed E-state index contributed by atoms with van der Waals surface area (Å²) in [7, 11) is 0. The summed E-state index contributed by atoms with van der Waals surface area (Å²) in [5.74, 6) is 0.110. The number of thiol groups is 1. The standard InChI is InChI=1S/C15H18N2O3S2/c1-10(2)20-15(18)11-5-4-6-13(22-3)12(11)9-19-14-7-8-17(21)16-14/h4-8,10,21H,9H2,1-3H3. The van der Waals surface area contributed by atoms with Crippen molar-refractivity contribution in [2.45, 2.75) is 31.5 Å². The van der Waals surface area contributed by atoms with Crippen molar-refractivity contribution in [3.8, 4) is 5.88 Å². The van der Waals surface area contributed by atoms with Crippen molar-refractivity contribution in [2.24, 2.45) is 0 Å². The molecule has 0 bridgehead atoms. The van der Waals surface area contributed by atoms with E-state index in [0.29, 0.717) is 11.4 Å². The molecule has 0 spiro atoms. The Bertz CT molecular complexity index is 656. The average molecular weight is 338 g/mol. The van der Waals surface area contributed by atoms with Gasteiger partial charge in [0.05, 0.1) is 11.7 Å². The second-order valence-electron chi connectivity index (χ2n) is 4.80. The molecule has 118 valence electrons. The lowest BCUT2D eigenvalue weighted by atomic mass is 10.1. The number of carbonyl (C=O) groups excluding carboxylic acids is 1. The number of hydrogen-bond acceptors (Lipinski definition) is 6. The van der Waals surface area contributed by atoms with E-state index >= 15 is 0 Å². The lowest BCUT2D eigenvalue weighted by molar-refractivity contribution is 0.0374. The van der Waals surface area contributed by atoms with Crippen LogP contribution in [0.5, 0.6) is 5.88 Å². The fourth-order valence-electron chi connectivity index (χ4n) is 1.90. The van der Waals surface area contributed by atoms with Crippen molar-refractivity contribution in [1.29, 1.82) is 0 Å². The van der Waals surface area contributed by atoms with Crippen molar-refractivity contribution in [2.75, 3.05) is 6.26 Å². The van der Waals surface area contributed by atoms with Crippen LogP contribution >= 0.6 is 24.6 Å². The highest BCUT2D eigenvalue weighted by Gasteiger charge is 2.17. The normalized spacial score (nSPS) is 10.8. The van der Waals surface area contributed by atoms with Crippen molar-refractivity contribution < 1.29 is 14.3 Å². The quantitative estimate of drug-likeness (QED) is 0.497. The summed E-state index contributed by atoms with van der Waals surface area (Å²) in [5.41, 5.74) is 1.32. The van der Waals surface area contributed by atoms with E-state index in [-0.39, 0.29) is 18.7 Å². The minimum atomic E-state index is -0.343. The van der Waals surface area contributed by atoms with Crippen molar-refractivity contribution in [3.63, 3.8) is 0 Å². The van der Waals surface area contributed by atoms with E-state index in [4.69, 9.17) is 9.47 Å². The molecule has 0 N–H and O–H groups in total. The van der Waals surface area contributed by atoms with Crippen LogP contribution in [-0.4, -0.2) is 27.5 Å². The summed E-state index contributed by atoms with van der Waals surface area (Å²) in [5, 5.41) is 4.04. The molecule has 0 radical (unpaired) electrons. The number of nitrogens with zero attached hydrogens (tertiary/aromatic N) is 2. The summed E-state index contributed by atoms with van der Waals surface area (Å²) >= 11 is 5.62. The highest BCUT2D eigenvalue weighted by atomic mass is 32.2. The molecule has 0 aliphatic rings. The molecule has 0 unspecified atom stereocenters. The van der Waals surface area contributed by atoms with Gasteiger partial charge in [0.2, 0.25) is 5.88 Å². The second kappa shape index (κ2) is 7.60. The third kappa shape index (κ3) is 4.20. The van der Waals surface area contributed by atoms with Crippen LogP contribution in [0.4, 0.5) is 0 Å². The van der Waals surface area contributed by atoms with Gasteiger partial charge in [0.1, 0.15) is 6.61 Å².